The minimum atomic E-state index is 0.805. The van der Waals surface area contributed by atoms with Gasteiger partial charge in [0.05, 0.1) is 6.20 Å². The van der Waals surface area contributed by atoms with E-state index in [4.69, 9.17) is 0 Å². The molecule has 82 valence electrons. The van der Waals surface area contributed by atoms with E-state index in [1.807, 2.05) is 17.9 Å². The van der Waals surface area contributed by atoms with Crippen LogP contribution in [0.2, 0.25) is 0 Å². The maximum absolute atomic E-state index is 4.22. The van der Waals surface area contributed by atoms with Gasteiger partial charge in [-0.3, -0.25) is 4.68 Å². The maximum atomic E-state index is 4.22. The van der Waals surface area contributed by atoms with E-state index >= 15 is 0 Å². The Labute approximate surface area is 95.9 Å². The number of aromatic nitrogens is 2. The van der Waals surface area contributed by atoms with Crippen molar-refractivity contribution in [2.45, 2.75) is 19.8 Å². The Kier molecular flexibility index (Phi) is 2.10. The second-order valence-corrected chi connectivity index (χ2v) is 4.90. The lowest BCUT2D eigenvalue weighted by atomic mass is 10.0. The quantitative estimate of drug-likeness (QED) is 0.710. The first-order valence-corrected chi connectivity index (χ1v) is 5.83. The average molecular weight is 212 g/mol. The largest absolute Gasteiger partial charge is 0.275 e. The van der Waals surface area contributed by atoms with E-state index in [1.165, 1.54) is 35.1 Å². The van der Waals surface area contributed by atoms with E-state index < -0.39 is 0 Å². The molecule has 1 aliphatic carbocycles. The van der Waals surface area contributed by atoms with E-state index in [1.54, 1.807) is 0 Å². The lowest BCUT2D eigenvalue weighted by Gasteiger charge is -2.02. The summed E-state index contributed by atoms with van der Waals surface area (Å²) in [5.74, 6) is 0.805. The Hall–Kier alpha value is -1.57. The van der Waals surface area contributed by atoms with Crippen LogP contribution in [0.4, 0.5) is 0 Å². The number of aryl methyl sites for hydroxylation is 1. The predicted octanol–water partition coefficient (Wildman–Crippen LogP) is 2.82. The van der Waals surface area contributed by atoms with Gasteiger partial charge in [-0.2, -0.15) is 5.10 Å². The zero-order valence-electron chi connectivity index (χ0n) is 9.77. The van der Waals surface area contributed by atoms with Crippen LogP contribution in [-0.4, -0.2) is 9.78 Å². The van der Waals surface area contributed by atoms with Crippen molar-refractivity contribution >= 4 is 0 Å². The molecule has 3 rings (SSSR count). The van der Waals surface area contributed by atoms with Crippen LogP contribution in [0, 0.1) is 5.92 Å². The molecule has 1 unspecified atom stereocenters. The van der Waals surface area contributed by atoms with Gasteiger partial charge >= 0.3 is 0 Å². The third-order valence-electron chi connectivity index (χ3n) is 3.38. The normalized spacial score (nSPS) is 18.8. The van der Waals surface area contributed by atoms with Crippen molar-refractivity contribution in [3.63, 3.8) is 0 Å². The first-order valence-electron chi connectivity index (χ1n) is 5.83. The van der Waals surface area contributed by atoms with Gasteiger partial charge in [-0.25, -0.2) is 0 Å². The highest BCUT2D eigenvalue weighted by molar-refractivity contribution is 5.63. The summed E-state index contributed by atoms with van der Waals surface area (Å²) in [5.41, 5.74) is 5.56. The van der Waals surface area contributed by atoms with Crippen LogP contribution >= 0.6 is 0 Å². The summed E-state index contributed by atoms with van der Waals surface area (Å²) >= 11 is 0. The molecular formula is C14H16N2. The molecule has 2 heteroatoms. The summed E-state index contributed by atoms with van der Waals surface area (Å²) in [4.78, 5) is 0. The highest BCUT2D eigenvalue weighted by atomic mass is 15.2. The fourth-order valence-electron chi connectivity index (χ4n) is 2.59. The number of benzene rings is 1. The van der Waals surface area contributed by atoms with Crippen molar-refractivity contribution in [2.75, 3.05) is 0 Å². The molecule has 1 aromatic carbocycles. The lowest BCUT2D eigenvalue weighted by Crippen LogP contribution is -1.89. The van der Waals surface area contributed by atoms with Crippen molar-refractivity contribution < 1.29 is 0 Å². The molecular weight excluding hydrogens is 196 g/mol. The minimum absolute atomic E-state index is 0.805. The van der Waals surface area contributed by atoms with Crippen molar-refractivity contribution in [1.82, 2.24) is 9.78 Å². The molecule has 0 amide bonds. The van der Waals surface area contributed by atoms with Crippen molar-refractivity contribution in [3.8, 4) is 11.1 Å². The Morgan fingerprint density at radius 2 is 2.00 bits per heavy atom. The minimum Gasteiger partial charge on any atom is -0.275 e. The summed E-state index contributed by atoms with van der Waals surface area (Å²) in [6.45, 7) is 2.32. The van der Waals surface area contributed by atoms with Gasteiger partial charge < -0.3 is 0 Å². The van der Waals surface area contributed by atoms with Crippen LogP contribution in [0.5, 0.6) is 0 Å². The molecule has 0 bridgehead atoms. The van der Waals surface area contributed by atoms with Gasteiger partial charge in [0.2, 0.25) is 0 Å². The molecule has 0 fully saturated rings. The fourth-order valence-corrected chi connectivity index (χ4v) is 2.59. The fraction of sp³-hybridized carbons (Fsp3) is 0.357. The maximum Gasteiger partial charge on any atom is 0.0568 e. The zero-order valence-corrected chi connectivity index (χ0v) is 9.77. The topological polar surface area (TPSA) is 17.8 Å². The van der Waals surface area contributed by atoms with Gasteiger partial charge in [0.1, 0.15) is 0 Å². The molecule has 2 aromatic rings. The molecule has 0 aliphatic heterocycles. The number of fused-ring (bicyclic) bond motifs is 1. The predicted molar refractivity (Wildman–Crippen MR) is 65.2 cm³/mol. The number of rotatable bonds is 1. The van der Waals surface area contributed by atoms with Crippen molar-refractivity contribution in [3.05, 3.63) is 41.7 Å². The van der Waals surface area contributed by atoms with E-state index in [9.17, 15) is 0 Å². The number of hydrogen-bond donors (Lipinski definition) is 0. The van der Waals surface area contributed by atoms with Gasteiger partial charge in [-0.1, -0.05) is 25.1 Å². The molecule has 0 N–H and O–H groups in total. The molecule has 2 nitrogen and oxygen atoms in total. The van der Waals surface area contributed by atoms with Crippen LogP contribution in [0.15, 0.2) is 30.6 Å². The van der Waals surface area contributed by atoms with Crippen LogP contribution in [-0.2, 0) is 19.9 Å². The van der Waals surface area contributed by atoms with Gasteiger partial charge in [-0.15, -0.1) is 0 Å². The third kappa shape index (κ3) is 1.54. The standard InChI is InChI=1S/C14H16N2/c1-10-5-11-3-4-12(7-13(11)6-10)14-8-15-16(2)9-14/h3-4,7-10H,5-6H2,1-2H3. The molecule has 16 heavy (non-hydrogen) atoms. The summed E-state index contributed by atoms with van der Waals surface area (Å²) in [6, 6.07) is 6.82. The molecule has 0 saturated heterocycles. The van der Waals surface area contributed by atoms with Crippen LogP contribution in [0.3, 0.4) is 0 Å². The van der Waals surface area contributed by atoms with Gasteiger partial charge in [-0.05, 0) is 35.4 Å². The summed E-state index contributed by atoms with van der Waals surface area (Å²) in [5, 5.41) is 4.22. The Balaban J connectivity index is 2.02. The molecule has 0 radical (unpaired) electrons. The zero-order chi connectivity index (χ0) is 11.1. The van der Waals surface area contributed by atoms with E-state index in [2.05, 4.69) is 36.4 Å². The molecule has 0 saturated carbocycles. The Morgan fingerprint density at radius 3 is 2.75 bits per heavy atom. The van der Waals surface area contributed by atoms with E-state index in [-0.39, 0.29) is 0 Å². The smallest absolute Gasteiger partial charge is 0.0568 e. The highest BCUT2D eigenvalue weighted by Crippen LogP contribution is 2.30. The first kappa shape index (κ1) is 9.64. The van der Waals surface area contributed by atoms with Gasteiger partial charge in [0.25, 0.3) is 0 Å². The molecule has 1 aromatic heterocycles. The Morgan fingerprint density at radius 1 is 1.19 bits per heavy atom. The summed E-state index contributed by atoms with van der Waals surface area (Å²) < 4.78 is 1.85. The molecule has 1 heterocycles. The third-order valence-corrected chi connectivity index (χ3v) is 3.38. The Bertz CT molecular complexity index is 525. The van der Waals surface area contributed by atoms with Crippen LogP contribution < -0.4 is 0 Å². The SMILES string of the molecule is CC1Cc2ccc(-c3cnn(C)c3)cc2C1. The second kappa shape index (κ2) is 3.48. The summed E-state index contributed by atoms with van der Waals surface area (Å²) in [6.07, 6.45) is 6.46. The summed E-state index contributed by atoms with van der Waals surface area (Å²) in [7, 11) is 1.96. The number of hydrogen-bond acceptors (Lipinski definition) is 1. The molecule has 1 aliphatic rings. The van der Waals surface area contributed by atoms with Crippen LogP contribution in [0.25, 0.3) is 11.1 Å². The molecule has 1 atom stereocenters. The van der Waals surface area contributed by atoms with E-state index in [0.717, 1.165) is 5.92 Å². The van der Waals surface area contributed by atoms with Gasteiger partial charge in [0.15, 0.2) is 0 Å². The second-order valence-electron chi connectivity index (χ2n) is 4.90. The molecule has 0 spiro atoms. The lowest BCUT2D eigenvalue weighted by molar-refractivity contribution is 0.628. The van der Waals surface area contributed by atoms with Crippen LogP contribution in [0.1, 0.15) is 18.1 Å². The van der Waals surface area contributed by atoms with E-state index in [0.29, 0.717) is 0 Å². The number of nitrogens with zero attached hydrogens (tertiary/aromatic N) is 2. The highest BCUT2D eigenvalue weighted by Gasteiger charge is 2.17. The average Bonchev–Trinajstić information content (AvgIpc) is 2.81. The van der Waals surface area contributed by atoms with Crippen molar-refractivity contribution in [1.29, 1.82) is 0 Å². The van der Waals surface area contributed by atoms with Crippen molar-refractivity contribution in [2.24, 2.45) is 13.0 Å². The first-order chi connectivity index (χ1) is 7.72. The monoisotopic (exact) mass is 212 g/mol. The van der Waals surface area contributed by atoms with Gasteiger partial charge in [0, 0.05) is 18.8 Å².